The van der Waals surface area contributed by atoms with Crippen LogP contribution >= 0.6 is 0 Å². The SMILES string of the molecule is CCCCCC1CC(c2cc(F)c(F)c(F)c2)C1. The van der Waals surface area contributed by atoms with E-state index in [0.717, 1.165) is 25.0 Å². The van der Waals surface area contributed by atoms with Gasteiger partial charge in [0.1, 0.15) is 0 Å². The number of hydrogen-bond donors (Lipinski definition) is 0. The highest BCUT2D eigenvalue weighted by molar-refractivity contribution is 5.25. The van der Waals surface area contributed by atoms with Crippen LogP contribution < -0.4 is 0 Å². The Morgan fingerprint density at radius 2 is 1.67 bits per heavy atom. The Balaban J connectivity index is 1.88. The largest absolute Gasteiger partial charge is 0.204 e. The van der Waals surface area contributed by atoms with Gasteiger partial charge in [0, 0.05) is 0 Å². The van der Waals surface area contributed by atoms with Gasteiger partial charge in [0.15, 0.2) is 17.5 Å². The molecule has 0 aliphatic heterocycles. The molecule has 0 heterocycles. The molecule has 0 amide bonds. The fraction of sp³-hybridized carbons (Fsp3) is 0.600. The molecule has 1 aromatic rings. The zero-order valence-electron chi connectivity index (χ0n) is 10.7. The Hall–Kier alpha value is -0.990. The lowest BCUT2D eigenvalue weighted by Gasteiger charge is -2.36. The maximum absolute atomic E-state index is 13.1. The normalized spacial score (nSPS) is 22.9. The lowest BCUT2D eigenvalue weighted by molar-refractivity contribution is 0.240. The van der Waals surface area contributed by atoms with Gasteiger partial charge in [-0.15, -0.1) is 0 Å². The molecule has 0 spiro atoms. The van der Waals surface area contributed by atoms with Gasteiger partial charge in [-0.3, -0.25) is 0 Å². The van der Waals surface area contributed by atoms with Crippen molar-refractivity contribution >= 4 is 0 Å². The summed E-state index contributed by atoms with van der Waals surface area (Å²) in [6.07, 6.45) is 6.87. The maximum atomic E-state index is 13.1. The third kappa shape index (κ3) is 2.88. The second kappa shape index (κ2) is 5.77. The monoisotopic (exact) mass is 256 g/mol. The van der Waals surface area contributed by atoms with E-state index >= 15 is 0 Å². The molecule has 0 nitrogen and oxygen atoms in total. The molecule has 0 N–H and O–H groups in total. The summed E-state index contributed by atoms with van der Waals surface area (Å²) in [5.41, 5.74) is 0.609. The van der Waals surface area contributed by atoms with Crippen molar-refractivity contribution in [3.8, 4) is 0 Å². The Morgan fingerprint density at radius 3 is 2.22 bits per heavy atom. The predicted octanol–water partition coefficient (Wildman–Crippen LogP) is 5.18. The minimum atomic E-state index is -1.36. The number of hydrogen-bond acceptors (Lipinski definition) is 0. The Kier molecular flexibility index (Phi) is 4.31. The summed E-state index contributed by atoms with van der Waals surface area (Å²) in [7, 11) is 0. The lowest BCUT2D eigenvalue weighted by Crippen LogP contribution is -2.22. The molecule has 0 unspecified atom stereocenters. The summed E-state index contributed by atoms with van der Waals surface area (Å²) in [5, 5.41) is 0. The predicted molar refractivity (Wildman–Crippen MR) is 65.9 cm³/mol. The fourth-order valence-electron chi connectivity index (χ4n) is 2.74. The van der Waals surface area contributed by atoms with Crippen molar-refractivity contribution in [2.24, 2.45) is 5.92 Å². The van der Waals surface area contributed by atoms with Crippen LogP contribution in [0.3, 0.4) is 0 Å². The van der Waals surface area contributed by atoms with Crippen molar-refractivity contribution in [3.63, 3.8) is 0 Å². The van der Waals surface area contributed by atoms with Crippen LogP contribution in [0.5, 0.6) is 0 Å². The van der Waals surface area contributed by atoms with Crippen molar-refractivity contribution in [3.05, 3.63) is 35.1 Å². The summed E-state index contributed by atoms with van der Waals surface area (Å²) >= 11 is 0. The standard InChI is InChI=1S/C15H19F3/c1-2-3-4-5-10-6-11(7-10)12-8-13(16)15(18)14(17)9-12/h8-11H,2-7H2,1H3. The number of unbranched alkanes of at least 4 members (excludes halogenated alkanes) is 2. The zero-order valence-corrected chi connectivity index (χ0v) is 10.7. The molecule has 0 radical (unpaired) electrons. The van der Waals surface area contributed by atoms with Crippen molar-refractivity contribution in [2.45, 2.75) is 51.4 Å². The Labute approximate surface area is 106 Å². The first-order valence-corrected chi connectivity index (χ1v) is 6.76. The average molecular weight is 256 g/mol. The van der Waals surface area contributed by atoms with E-state index in [2.05, 4.69) is 6.92 Å². The van der Waals surface area contributed by atoms with Crippen molar-refractivity contribution in [1.82, 2.24) is 0 Å². The highest BCUT2D eigenvalue weighted by Gasteiger charge is 2.30. The topological polar surface area (TPSA) is 0 Å². The molecule has 1 aromatic carbocycles. The molecule has 3 heteroatoms. The van der Waals surface area contributed by atoms with E-state index in [1.165, 1.54) is 25.7 Å². The van der Waals surface area contributed by atoms with Crippen LogP contribution in [0.4, 0.5) is 13.2 Å². The van der Waals surface area contributed by atoms with E-state index in [0.29, 0.717) is 11.5 Å². The van der Waals surface area contributed by atoms with Crippen LogP contribution in [-0.4, -0.2) is 0 Å². The number of rotatable bonds is 5. The van der Waals surface area contributed by atoms with Gasteiger partial charge >= 0.3 is 0 Å². The van der Waals surface area contributed by atoms with Crippen molar-refractivity contribution < 1.29 is 13.2 Å². The molecule has 0 bridgehead atoms. The molecule has 18 heavy (non-hydrogen) atoms. The van der Waals surface area contributed by atoms with Gasteiger partial charge in [-0.2, -0.15) is 0 Å². The summed E-state index contributed by atoms with van der Waals surface area (Å²) in [6.45, 7) is 2.17. The van der Waals surface area contributed by atoms with E-state index < -0.39 is 17.5 Å². The second-order valence-corrected chi connectivity index (χ2v) is 5.33. The van der Waals surface area contributed by atoms with Gasteiger partial charge in [-0.1, -0.05) is 32.6 Å². The van der Waals surface area contributed by atoms with Gasteiger partial charge in [0.25, 0.3) is 0 Å². The molecule has 1 fully saturated rings. The van der Waals surface area contributed by atoms with Crippen LogP contribution in [-0.2, 0) is 0 Å². The first kappa shape index (κ1) is 13.4. The molecular weight excluding hydrogens is 237 g/mol. The highest BCUT2D eigenvalue weighted by Crippen LogP contribution is 2.44. The Bertz CT molecular complexity index is 385. The minimum absolute atomic E-state index is 0.209. The molecule has 0 atom stereocenters. The van der Waals surface area contributed by atoms with E-state index in [9.17, 15) is 13.2 Å². The minimum Gasteiger partial charge on any atom is -0.204 e. The third-order valence-electron chi connectivity index (χ3n) is 3.93. The molecule has 100 valence electrons. The van der Waals surface area contributed by atoms with Gasteiger partial charge in [0.05, 0.1) is 0 Å². The lowest BCUT2D eigenvalue weighted by atomic mass is 9.69. The molecule has 1 aliphatic rings. The van der Waals surface area contributed by atoms with Crippen LogP contribution in [0, 0.1) is 23.4 Å². The van der Waals surface area contributed by atoms with Gasteiger partial charge in [0.2, 0.25) is 0 Å². The van der Waals surface area contributed by atoms with Crippen molar-refractivity contribution in [2.75, 3.05) is 0 Å². The summed E-state index contributed by atoms with van der Waals surface area (Å²) in [5.74, 6) is -2.62. The number of benzene rings is 1. The molecule has 2 rings (SSSR count). The molecule has 1 saturated carbocycles. The Morgan fingerprint density at radius 1 is 1.06 bits per heavy atom. The van der Waals surface area contributed by atoms with E-state index in [-0.39, 0.29) is 5.92 Å². The van der Waals surface area contributed by atoms with E-state index in [1.54, 1.807) is 0 Å². The molecule has 1 aliphatic carbocycles. The molecular formula is C15H19F3. The zero-order chi connectivity index (χ0) is 13.1. The van der Waals surface area contributed by atoms with Gasteiger partial charge in [-0.05, 0) is 42.4 Å². The smallest absolute Gasteiger partial charge is 0.194 e. The van der Waals surface area contributed by atoms with Crippen LogP contribution in [0.1, 0.15) is 56.9 Å². The first-order chi connectivity index (χ1) is 8.61. The van der Waals surface area contributed by atoms with Crippen LogP contribution in [0.25, 0.3) is 0 Å². The molecule has 0 aromatic heterocycles. The second-order valence-electron chi connectivity index (χ2n) is 5.33. The van der Waals surface area contributed by atoms with Crippen LogP contribution in [0.2, 0.25) is 0 Å². The van der Waals surface area contributed by atoms with Gasteiger partial charge < -0.3 is 0 Å². The van der Waals surface area contributed by atoms with E-state index in [4.69, 9.17) is 0 Å². The number of halogens is 3. The van der Waals surface area contributed by atoms with Crippen molar-refractivity contribution in [1.29, 1.82) is 0 Å². The first-order valence-electron chi connectivity index (χ1n) is 6.76. The fourth-order valence-corrected chi connectivity index (χ4v) is 2.74. The summed E-state index contributed by atoms with van der Waals surface area (Å²) in [6, 6.07) is 2.29. The average Bonchev–Trinajstić information content (AvgIpc) is 2.28. The third-order valence-corrected chi connectivity index (χ3v) is 3.93. The quantitative estimate of drug-likeness (QED) is 0.503. The van der Waals surface area contributed by atoms with Gasteiger partial charge in [-0.25, -0.2) is 13.2 Å². The van der Waals surface area contributed by atoms with E-state index in [1.807, 2.05) is 0 Å². The molecule has 0 saturated heterocycles. The summed E-state index contributed by atoms with van der Waals surface area (Å²) < 4.78 is 39.0. The summed E-state index contributed by atoms with van der Waals surface area (Å²) in [4.78, 5) is 0. The maximum Gasteiger partial charge on any atom is 0.194 e. The van der Waals surface area contributed by atoms with Crippen LogP contribution in [0.15, 0.2) is 12.1 Å². The highest BCUT2D eigenvalue weighted by atomic mass is 19.2.